The topological polar surface area (TPSA) is 49.6 Å². The quantitative estimate of drug-likeness (QED) is 0.491. The fourth-order valence-electron chi connectivity index (χ4n) is 1.59. The molecule has 0 aliphatic rings. The Morgan fingerprint density at radius 1 is 1.38 bits per heavy atom. The van der Waals surface area contributed by atoms with Gasteiger partial charge in [-0.1, -0.05) is 6.07 Å². The molecule has 0 atom stereocenters. The van der Waals surface area contributed by atoms with Gasteiger partial charge in [0.2, 0.25) is 0 Å². The number of carbonyl (C=O) groups excluding carboxylic acids is 1. The third-order valence-electron chi connectivity index (χ3n) is 2.40. The lowest BCUT2D eigenvalue weighted by molar-refractivity contribution is -0.665. The molecule has 0 aliphatic heterocycles. The van der Waals surface area contributed by atoms with Crippen molar-refractivity contribution in [3.63, 3.8) is 0 Å². The summed E-state index contributed by atoms with van der Waals surface area (Å²) in [7, 11) is 0. The Morgan fingerprint density at radius 3 is 2.62 bits per heavy atom. The largest absolute Gasteiger partial charge is 1.00 e. The summed E-state index contributed by atoms with van der Waals surface area (Å²) < 4.78 is 1.80. The first-order chi connectivity index (χ1) is 7.24. The van der Waals surface area contributed by atoms with E-state index in [-0.39, 0.29) is 12.4 Å². The Balaban J connectivity index is 0.00000128. The minimum Gasteiger partial charge on any atom is -1.00 e. The minimum absolute atomic E-state index is 0. The molecule has 0 aliphatic carbocycles. The summed E-state index contributed by atoms with van der Waals surface area (Å²) in [6.07, 6.45) is 2.58. The third-order valence-corrected chi connectivity index (χ3v) is 2.40. The van der Waals surface area contributed by atoms with E-state index in [0.717, 1.165) is 23.5 Å². The van der Waals surface area contributed by atoms with Gasteiger partial charge in [-0.15, -0.1) is 4.68 Å². The number of aryl methyl sites for hydroxylation is 1. The van der Waals surface area contributed by atoms with Crippen LogP contribution in [0.15, 0.2) is 24.4 Å². The van der Waals surface area contributed by atoms with Gasteiger partial charge in [0.15, 0.2) is 6.29 Å². The zero-order chi connectivity index (χ0) is 10.8. The molecule has 0 aromatic carbocycles. The lowest BCUT2D eigenvalue weighted by Crippen LogP contribution is -3.00. The van der Waals surface area contributed by atoms with Gasteiger partial charge in [0, 0.05) is 13.0 Å². The van der Waals surface area contributed by atoms with E-state index in [1.807, 2.05) is 32.0 Å². The Bertz CT molecular complexity index is 493. The van der Waals surface area contributed by atoms with Gasteiger partial charge in [-0.3, -0.25) is 4.79 Å². The van der Waals surface area contributed by atoms with Crippen molar-refractivity contribution in [2.45, 2.75) is 13.8 Å². The number of hydrogen-bond donors (Lipinski definition) is 1. The Hall–Kier alpha value is -1.68. The van der Waals surface area contributed by atoms with Crippen molar-refractivity contribution >= 4 is 6.29 Å². The summed E-state index contributed by atoms with van der Waals surface area (Å²) in [5, 5.41) is 3.10. The molecule has 0 fully saturated rings. The molecule has 0 saturated carbocycles. The number of rotatable bonds is 2. The van der Waals surface area contributed by atoms with Crippen molar-refractivity contribution in [1.29, 1.82) is 0 Å². The predicted octanol–water partition coefficient (Wildman–Crippen LogP) is -1.88. The maximum absolute atomic E-state index is 10.8. The average molecular weight is 238 g/mol. The molecule has 4 nitrogen and oxygen atoms in total. The first-order valence-corrected chi connectivity index (χ1v) is 4.72. The highest BCUT2D eigenvalue weighted by Gasteiger charge is 2.17. The highest BCUT2D eigenvalue weighted by Crippen LogP contribution is 2.06. The fraction of sp³-hybridized carbons (Fsp3) is 0.182. The van der Waals surface area contributed by atoms with Crippen LogP contribution < -0.4 is 17.1 Å². The van der Waals surface area contributed by atoms with Crippen LogP contribution in [0.4, 0.5) is 0 Å². The van der Waals surface area contributed by atoms with Crippen LogP contribution in [0.5, 0.6) is 0 Å². The van der Waals surface area contributed by atoms with Crippen LogP contribution in [0.1, 0.15) is 21.7 Å². The Morgan fingerprint density at radius 2 is 2.12 bits per heavy atom. The molecule has 84 valence electrons. The van der Waals surface area contributed by atoms with E-state index in [4.69, 9.17) is 0 Å². The SMILES string of the molecule is Cc1[nH][n+](-c2ccccn2)c(C)c1C=O.[Cl-]. The lowest BCUT2D eigenvalue weighted by Gasteiger charge is -1.92. The number of H-pyrrole nitrogens is 1. The number of hydrogen-bond acceptors (Lipinski definition) is 2. The van der Waals surface area contributed by atoms with Gasteiger partial charge in [0.05, 0.1) is 11.3 Å². The first-order valence-electron chi connectivity index (χ1n) is 4.72. The second kappa shape index (κ2) is 4.90. The van der Waals surface area contributed by atoms with E-state index in [1.54, 1.807) is 10.9 Å². The van der Waals surface area contributed by atoms with Crippen molar-refractivity contribution in [2.24, 2.45) is 0 Å². The van der Waals surface area contributed by atoms with Gasteiger partial charge in [-0.05, 0) is 18.0 Å². The molecule has 2 aromatic rings. The second-order valence-electron chi connectivity index (χ2n) is 3.38. The fourth-order valence-corrected chi connectivity index (χ4v) is 1.59. The molecule has 0 saturated heterocycles. The zero-order valence-corrected chi connectivity index (χ0v) is 9.82. The summed E-state index contributed by atoms with van der Waals surface area (Å²) in [5.74, 6) is 0.784. The van der Waals surface area contributed by atoms with Gasteiger partial charge in [0.25, 0.3) is 0 Å². The van der Waals surface area contributed by atoms with E-state index in [1.165, 1.54) is 0 Å². The molecule has 0 bridgehead atoms. The van der Waals surface area contributed by atoms with Crippen LogP contribution in [-0.2, 0) is 0 Å². The number of nitrogens with one attached hydrogen (secondary N) is 1. The van der Waals surface area contributed by atoms with E-state index < -0.39 is 0 Å². The summed E-state index contributed by atoms with van der Waals surface area (Å²) in [5.41, 5.74) is 2.43. The number of aromatic nitrogens is 3. The molecule has 0 amide bonds. The standard InChI is InChI=1S/C11H11N3O.ClH/c1-8-10(7-15)9(2)14(13-8)11-5-3-4-6-12-11;/h3-7H,1-2H3;1H. The molecule has 2 aromatic heterocycles. The van der Waals surface area contributed by atoms with Crippen molar-refractivity contribution < 1.29 is 21.9 Å². The Kier molecular flexibility index (Phi) is 3.79. The molecule has 16 heavy (non-hydrogen) atoms. The average Bonchev–Trinajstić information content (AvgIpc) is 2.55. The molecule has 0 radical (unpaired) electrons. The number of pyridine rings is 1. The normalized spacial score (nSPS) is 9.62. The van der Waals surface area contributed by atoms with Crippen molar-refractivity contribution in [3.8, 4) is 5.82 Å². The summed E-state index contributed by atoms with van der Waals surface area (Å²) in [4.78, 5) is 15.1. The number of aldehydes is 1. The van der Waals surface area contributed by atoms with E-state index in [2.05, 4.69) is 10.1 Å². The van der Waals surface area contributed by atoms with Crippen LogP contribution in [0, 0.1) is 13.8 Å². The van der Waals surface area contributed by atoms with E-state index in [0.29, 0.717) is 5.56 Å². The van der Waals surface area contributed by atoms with Gasteiger partial charge in [-0.25, -0.2) is 5.10 Å². The highest BCUT2D eigenvalue weighted by molar-refractivity contribution is 5.77. The monoisotopic (exact) mass is 237 g/mol. The molecule has 0 unspecified atom stereocenters. The molecule has 1 N–H and O–H groups in total. The molecular weight excluding hydrogens is 226 g/mol. The van der Waals surface area contributed by atoms with Crippen LogP contribution in [0.3, 0.4) is 0 Å². The van der Waals surface area contributed by atoms with Crippen molar-refractivity contribution in [1.82, 2.24) is 10.1 Å². The van der Waals surface area contributed by atoms with E-state index in [9.17, 15) is 4.79 Å². The highest BCUT2D eigenvalue weighted by atomic mass is 35.5. The maximum atomic E-state index is 10.8. The second-order valence-corrected chi connectivity index (χ2v) is 3.38. The van der Waals surface area contributed by atoms with Crippen molar-refractivity contribution in [3.05, 3.63) is 41.3 Å². The van der Waals surface area contributed by atoms with Crippen LogP contribution >= 0.6 is 0 Å². The van der Waals surface area contributed by atoms with Crippen LogP contribution in [0.25, 0.3) is 5.82 Å². The number of nitrogens with zero attached hydrogens (tertiary/aromatic N) is 2. The van der Waals surface area contributed by atoms with E-state index >= 15 is 0 Å². The predicted molar refractivity (Wildman–Crippen MR) is 55.0 cm³/mol. The van der Waals surface area contributed by atoms with Crippen LogP contribution in [-0.4, -0.2) is 16.4 Å². The number of carbonyl (C=O) groups is 1. The third kappa shape index (κ3) is 1.97. The minimum atomic E-state index is 0. The summed E-state index contributed by atoms with van der Waals surface area (Å²) in [6.45, 7) is 3.76. The van der Waals surface area contributed by atoms with Crippen LogP contribution in [0.2, 0.25) is 0 Å². The Labute approximate surface area is 99.7 Å². The number of aromatic amines is 1. The molecule has 0 spiro atoms. The molecular formula is C11H12ClN3O. The molecule has 2 rings (SSSR count). The smallest absolute Gasteiger partial charge is 0.346 e. The lowest BCUT2D eigenvalue weighted by atomic mass is 10.2. The maximum Gasteiger partial charge on any atom is 0.346 e. The molecule has 2 heterocycles. The first kappa shape index (κ1) is 12.4. The van der Waals surface area contributed by atoms with Gasteiger partial charge in [-0.2, -0.15) is 0 Å². The van der Waals surface area contributed by atoms with Gasteiger partial charge >= 0.3 is 5.82 Å². The number of halogens is 1. The van der Waals surface area contributed by atoms with Gasteiger partial charge in [0.1, 0.15) is 11.9 Å². The molecule has 5 heteroatoms. The summed E-state index contributed by atoms with van der Waals surface area (Å²) in [6, 6.07) is 5.65. The zero-order valence-electron chi connectivity index (χ0n) is 9.07. The van der Waals surface area contributed by atoms with Crippen molar-refractivity contribution in [2.75, 3.05) is 0 Å². The summed E-state index contributed by atoms with van der Waals surface area (Å²) >= 11 is 0. The van der Waals surface area contributed by atoms with Gasteiger partial charge < -0.3 is 12.4 Å².